The fraction of sp³-hybridized carbons (Fsp3) is 0.481. The Hall–Kier alpha value is -2.98. The monoisotopic (exact) mass is 534 g/mol. The van der Waals surface area contributed by atoms with Crippen molar-refractivity contribution in [3.05, 3.63) is 65.0 Å². The molecule has 1 N–H and O–H groups in total. The number of anilines is 1. The van der Waals surface area contributed by atoms with E-state index in [1.54, 1.807) is 38.1 Å². The number of benzene rings is 2. The highest BCUT2D eigenvalue weighted by atomic mass is 32.2. The number of hydrogen-bond acceptors (Lipinski definition) is 4. The number of nitrogens with one attached hydrogen (secondary N) is 1. The van der Waals surface area contributed by atoms with Crippen LogP contribution in [0.25, 0.3) is 0 Å². The van der Waals surface area contributed by atoms with Gasteiger partial charge in [-0.1, -0.05) is 38.1 Å². The van der Waals surface area contributed by atoms with Crippen LogP contribution in [0.5, 0.6) is 0 Å². The molecule has 0 heterocycles. The van der Waals surface area contributed by atoms with Crippen molar-refractivity contribution < 1.29 is 22.4 Å². The van der Waals surface area contributed by atoms with Gasteiger partial charge in [-0.15, -0.1) is 0 Å². The maximum Gasteiger partial charge on any atom is 0.304 e. The quantitative estimate of drug-likeness (QED) is 0.449. The van der Waals surface area contributed by atoms with Crippen molar-refractivity contribution in [3.8, 4) is 0 Å². The van der Waals surface area contributed by atoms with Crippen LogP contribution in [-0.4, -0.2) is 62.2 Å². The number of nitrogens with zero attached hydrogens (tertiary/aromatic N) is 3. The summed E-state index contributed by atoms with van der Waals surface area (Å²) in [6.07, 6.45) is 1.04. The number of hydrogen-bond donors (Lipinski definition) is 1. The van der Waals surface area contributed by atoms with Gasteiger partial charge in [-0.25, -0.2) is 8.70 Å². The zero-order chi connectivity index (χ0) is 27.9. The lowest BCUT2D eigenvalue weighted by atomic mass is 10.1. The summed E-state index contributed by atoms with van der Waals surface area (Å²) in [6.45, 7) is 8.77. The highest BCUT2D eigenvalue weighted by Gasteiger charge is 2.34. The van der Waals surface area contributed by atoms with E-state index >= 15 is 0 Å². The number of halogens is 1. The fourth-order valence-corrected chi connectivity index (χ4v) is 4.95. The molecule has 2 amide bonds. The summed E-state index contributed by atoms with van der Waals surface area (Å²) in [5, 5.41) is 2.93. The first-order chi connectivity index (χ1) is 17.3. The highest BCUT2D eigenvalue weighted by Crippen LogP contribution is 2.26. The zero-order valence-electron chi connectivity index (χ0n) is 22.8. The predicted octanol–water partition coefficient (Wildman–Crippen LogP) is 3.78. The van der Waals surface area contributed by atoms with Crippen molar-refractivity contribution in [2.24, 2.45) is 0 Å². The van der Waals surface area contributed by atoms with E-state index < -0.39 is 34.5 Å². The molecule has 0 aliphatic heterocycles. The maximum atomic E-state index is 13.9. The van der Waals surface area contributed by atoms with Crippen molar-refractivity contribution in [1.29, 1.82) is 0 Å². The molecule has 2 aromatic rings. The summed E-state index contributed by atoms with van der Waals surface area (Å²) in [5.74, 6) is -1.27. The van der Waals surface area contributed by atoms with Gasteiger partial charge in [0.15, 0.2) is 0 Å². The van der Waals surface area contributed by atoms with Gasteiger partial charge in [0.05, 0.1) is 5.69 Å². The van der Waals surface area contributed by atoms with Gasteiger partial charge in [-0.3, -0.25) is 9.59 Å². The van der Waals surface area contributed by atoms with Gasteiger partial charge in [0, 0.05) is 26.7 Å². The van der Waals surface area contributed by atoms with Crippen molar-refractivity contribution in [1.82, 2.24) is 14.5 Å². The van der Waals surface area contributed by atoms with E-state index in [2.05, 4.69) is 5.32 Å². The summed E-state index contributed by atoms with van der Waals surface area (Å²) < 4.78 is 42.4. The summed E-state index contributed by atoms with van der Waals surface area (Å²) in [4.78, 5) is 28.4. The average Bonchev–Trinajstić information content (AvgIpc) is 2.84. The number of amides is 2. The molecule has 2 rings (SSSR count). The van der Waals surface area contributed by atoms with Crippen molar-refractivity contribution in [3.63, 3.8) is 0 Å². The molecule has 204 valence electrons. The van der Waals surface area contributed by atoms with E-state index in [0.717, 1.165) is 20.6 Å². The lowest BCUT2D eigenvalue weighted by Crippen LogP contribution is -2.54. The molecule has 37 heavy (non-hydrogen) atoms. The molecule has 2 aromatic carbocycles. The van der Waals surface area contributed by atoms with Gasteiger partial charge in [0.1, 0.15) is 18.4 Å². The van der Waals surface area contributed by atoms with Crippen LogP contribution < -0.4 is 9.62 Å². The molecule has 0 bridgehead atoms. The minimum absolute atomic E-state index is 0.0220. The minimum atomic E-state index is -4.04. The van der Waals surface area contributed by atoms with E-state index in [1.165, 1.54) is 31.1 Å². The zero-order valence-corrected chi connectivity index (χ0v) is 23.6. The Morgan fingerprint density at radius 3 is 2.16 bits per heavy atom. The fourth-order valence-electron chi connectivity index (χ4n) is 3.84. The van der Waals surface area contributed by atoms with E-state index in [1.807, 2.05) is 26.8 Å². The van der Waals surface area contributed by atoms with E-state index in [0.29, 0.717) is 23.2 Å². The van der Waals surface area contributed by atoms with Crippen molar-refractivity contribution in [2.45, 2.75) is 66.1 Å². The maximum absolute atomic E-state index is 13.9. The van der Waals surface area contributed by atoms with Crippen LogP contribution in [-0.2, 0) is 26.3 Å². The molecule has 10 heteroatoms. The molecule has 0 fully saturated rings. The van der Waals surface area contributed by atoms with E-state index in [-0.39, 0.29) is 18.5 Å². The van der Waals surface area contributed by atoms with Crippen molar-refractivity contribution in [2.75, 3.05) is 24.9 Å². The van der Waals surface area contributed by atoms with Gasteiger partial charge < -0.3 is 10.2 Å². The second-order valence-electron chi connectivity index (χ2n) is 9.48. The number of aryl methyl sites for hydroxylation is 2. The number of carbonyl (C=O) groups excluding carboxylic acids is 2. The Balaban J connectivity index is 2.55. The van der Waals surface area contributed by atoms with Gasteiger partial charge >= 0.3 is 10.2 Å². The van der Waals surface area contributed by atoms with Crippen LogP contribution in [0, 0.1) is 19.7 Å². The molecule has 0 aromatic heterocycles. The predicted molar refractivity (Wildman–Crippen MR) is 145 cm³/mol. The van der Waals surface area contributed by atoms with E-state index in [4.69, 9.17) is 0 Å². The van der Waals surface area contributed by atoms with Crippen LogP contribution in [0.3, 0.4) is 0 Å². The van der Waals surface area contributed by atoms with Gasteiger partial charge in [-0.2, -0.15) is 12.7 Å². The topological polar surface area (TPSA) is 90.0 Å². The normalized spacial score (nSPS) is 13.2. The minimum Gasteiger partial charge on any atom is -0.352 e. The Morgan fingerprint density at radius 1 is 1.00 bits per heavy atom. The van der Waals surface area contributed by atoms with Gasteiger partial charge in [0.25, 0.3) is 0 Å². The SMILES string of the molecule is CC[C@H](C)NC(=O)[C@H](CC)N(Cc1ccc(F)cc1)C(=O)CN(c1cc(C)ccc1C)S(=O)(=O)N(C)C. The molecule has 0 aliphatic rings. The summed E-state index contributed by atoms with van der Waals surface area (Å²) in [5.41, 5.74) is 2.55. The lowest BCUT2D eigenvalue weighted by Gasteiger charge is -2.34. The lowest BCUT2D eigenvalue weighted by molar-refractivity contribution is -0.140. The number of carbonyl (C=O) groups is 2. The third-order valence-electron chi connectivity index (χ3n) is 6.31. The Bertz CT molecular complexity index is 1190. The molecule has 2 atom stereocenters. The molecule has 0 spiro atoms. The van der Waals surface area contributed by atoms with Crippen LogP contribution in [0.2, 0.25) is 0 Å². The summed E-state index contributed by atoms with van der Waals surface area (Å²) in [7, 11) is -1.23. The molecule has 8 nitrogen and oxygen atoms in total. The second-order valence-corrected chi connectivity index (χ2v) is 11.5. The van der Waals surface area contributed by atoms with E-state index in [9.17, 15) is 22.4 Å². The summed E-state index contributed by atoms with van der Waals surface area (Å²) >= 11 is 0. The Kier molecular flexibility index (Phi) is 10.6. The largest absolute Gasteiger partial charge is 0.352 e. The molecule has 0 radical (unpaired) electrons. The highest BCUT2D eigenvalue weighted by molar-refractivity contribution is 7.90. The van der Waals surface area contributed by atoms with Crippen molar-refractivity contribution >= 4 is 27.7 Å². The van der Waals surface area contributed by atoms with Gasteiger partial charge in [0.2, 0.25) is 11.8 Å². The first kappa shape index (κ1) is 30.2. The first-order valence-electron chi connectivity index (χ1n) is 12.4. The molecular weight excluding hydrogens is 495 g/mol. The summed E-state index contributed by atoms with van der Waals surface area (Å²) in [6, 6.07) is 10.1. The molecule has 0 aliphatic carbocycles. The van der Waals surface area contributed by atoms with Crippen LogP contribution in [0.15, 0.2) is 42.5 Å². The molecule has 0 saturated heterocycles. The average molecular weight is 535 g/mol. The van der Waals surface area contributed by atoms with Gasteiger partial charge in [-0.05, 0) is 68.5 Å². The van der Waals surface area contributed by atoms with Crippen LogP contribution >= 0.6 is 0 Å². The first-order valence-corrected chi connectivity index (χ1v) is 13.8. The van der Waals surface area contributed by atoms with Crippen LogP contribution in [0.1, 0.15) is 50.3 Å². The van der Waals surface area contributed by atoms with Crippen LogP contribution in [0.4, 0.5) is 10.1 Å². The third-order valence-corrected chi connectivity index (χ3v) is 8.11. The standard InChI is InChI=1S/C27H39FN4O4S/c1-8-21(5)29-27(34)24(9-2)31(17-22-12-14-23(28)15-13-22)26(33)18-32(37(35,36)30(6)7)25-16-19(3)10-11-20(25)4/h10-16,21,24H,8-9,17-18H2,1-7H3,(H,29,34)/t21-,24-/m0/s1. The third kappa shape index (κ3) is 7.75. The molecule has 0 saturated carbocycles. The molecule has 0 unspecified atom stereocenters. The smallest absolute Gasteiger partial charge is 0.304 e. The Labute approximate surface area is 220 Å². The Morgan fingerprint density at radius 2 is 1.62 bits per heavy atom. The number of rotatable bonds is 12. The molecular formula is C27H39FN4O4S. The second kappa shape index (κ2) is 13.0.